The highest BCUT2D eigenvalue weighted by Crippen LogP contribution is 2.23. The van der Waals surface area contributed by atoms with Gasteiger partial charge in [0.05, 0.1) is 17.6 Å². The molecule has 0 saturated carbocycles. The topological polar surface area (TPSA) is 94.8 Å². The highest BCUT2D eigenvalue weighted by Gasteiger charge is 2.08. The van der Waals surface area contributed by atoms with Gasteiger partial charge in [0, 0.05) is 16.1 Å². The number of ether oxygens (including phenoxy) is 1. The number of carbonyl (C=O) groups excluding carboxylic acids is 1. The minimum atomic E-state index is -0.245. The number of halogens is 1. The quantitative estimate of drug-likeness (QED) is 0.510. The van der Waals surface area contributed by atoms with E-state index >= 15 is 0 Å². The largest absolute Gasteiger partial charge is 0.439 e. The molecule has 0 atom stereocenters. The van der Waals surface area contributed by atoms with Gasteiger partial charge in [-0.25, -0.2) is 9.67 Å². The van der Waals surface area contributed by atoms with E-state index in [-0.39, 0.29) is 5.91 Å². The van der Waals surface area contributed by atoms with E-state index < -0.39 is 0 Å². The van der Waals surface area contributed by atoms with E-state index in [0.29, 0.717) is 22.9 Å². The van der Waals surface area contributed by atoms with Gasteiger partial charge in [0.1, 0.15) is 12.1 Å². The number of rotatable bonds is 5. The number of amides is 1. The second-order valence-electron chi connectivity index (χ2n) is 5.70. The average Bonchev–Trinajstić information content (AvgIpc) is 3.24. The monoisotopic (exact) mass is 436 g/mol. The smallest absolute Gasteiger partial charge is 0.255 e. The van der Waals surface area contributed by atoms with Gasteiger partial charge in [-0.1, -0.05) is 22.0 Å². The van der Waals surface area contributed by atoms with Crippen molar-refractivity contribution < 1.29 is 9.53 Å². The molecule has 28 heavy (non-hydrogen) atoms. The number of nitrogens with zero attached hydrogens (tertiary/aromatic N) is 5. The molecule has 1 N–H and O–H groups in total. The second kappa shape index (κ2) is 7.97. The highest BCUT2D eigenvalue weighted by atomic mass is 79.9. The fourth-order valence-corrected chi connectivity index (χ4v) is 2.79. The Morgan fingerprint density at radius 1 is 1.07 bits per heavy atom. The van der Waals surface area contributed by atoms with Gasteiger partial charge in [0.25, 0.3) is 5.91 Å². The van der Waals surface area contributed by atoms with Crippen molar-refractivity contribution >= 4 is 27.5 Å². The summed E-state index contributed by atoms with van der Waals surface area (Å²) in [5, 5.41) is 13.8. The molecule has 8 nitrogen and oxygen atoms in total. The maximum absolute atomic E-state index is 12.4. The first-order valence-corrected chi connectivity index (χ1v) is 9.01. The lowest BCUT2D eigenvalue weighted by atomic mass is 10.2. The summed E-state index contributed by atoms with van der Waals surface area (Å²) in [7, 11) is 0. The molecule has 0 bridgehead atoms. The Morgan fingerprint density at radius 3 is 2.61 bits per heavy atom. The van der Waals surface area contributed by atoms with Gasteiger partial charge >= 0.3 is 0 Å². The van der Waals surface area contributed by atoms with E-state index in [1.165, 1.54) is 11.0 Å². The number of carbonyl (C=O) groups is 1. The summed E-state index contributed by atoms with van der Waals surface area (Å²) in [6, 6.07) is 17.8. The fraction of sp³-hybridized carbons (Fsp3) is 0. The lowest BCUT2D eigenvalue weighted by Gasteiger charge is -2.08. The Bertz CT molecular complexity index is 1080. The normalized spacial score (nSPS) is 10.5. The molecule has 1 amide bonds. The fourth-order valence-electron chi connectivity index (χ4n) is 2.41. The van der Waals surface area contributed by atoms with Crippen molar-refractivity contribution in [2.75, 3.05) is 5.32 Å². The van der Waals surface area contributed by atoms with E-state index in [2.05, 4.69) is 41.8 Å². The Morgan fingerprint density at radius 2 is 1.93 bits per heavy atom. The van der Waals surface area contributed by atoms with Crippen LogP contribution in [-0.2, 0) is 0 Å². The van der Waals surface area contributed by atoms with E-state index in [1.807, 2.05) is 24.3 Å². The van der Waals surface area contributed by atoms with Crippen LogP contribution in [0.2, 0.25) is 0 Å². The van der Waals surface area contributed by atoms with Crippen molar-refractivity contribution in [2.24, 2.45) is 0 Å². The number of pyridine rings is 1. The van der Waals surface area contributed by atoms with Crippen LogP contribution in [0.25, 0.3) is 5.69 Å². The minimum absolute atomic E-state index is 0.245. The Balaban J connectivity index is 1.40. The highest BCUT2D eigenvalue weighted by molar-refractivity contribution is 9.10. The van der Waals surface area contributed by atoms with E-state index in [0.717, 1.165) is 10.2 Å². The summed E-state index contributed by atoms with van der Waals surface area (Å²) in [5.41, 5.74) is 1.83. The summed E-state index contributed by atoms with van der Waals surface area (Å²) in [6.45, 7) is 0. The number of benzene rings is 2. The van der Waals surface area contributed by atoms with Crippen LogP contribution in [0.15, 0.2) is 77.7 Å². The predicted octanol–water partition coefficient (Wildman–Crippen LogP) is 3.86. The predicted molar refractivity (Wildman–Crippen MR) is 106 cm³/mol. The molecule has 4 rings (SSSR count). The molecule has 0 radical (unpaired) electrons. The maximum Gasteiger partial charge on any atom is 0.255 e. The van der Waals surface area contributed by atoms with Crippen molar-refractivity contribution in [1.29, 1.82) is 0 Å². The van der Waals surface area contributed by atoms with Crippen LogP contribution in [-0.4, -0.2) is 31.1 Å². The third kappa shape index (κ3) is 4.21. The Hall–Kier alpha value is -3.59. The SMILES string of the molecule is O=C(Nc1ccc(Oc2cccc(Br)c2)nc1)c1ccc(-n2cnnn2)cc1. The van der Waals surface area contributed by atoms with Crippen LogP contribution in [0, 0.1) is 0 Å². The molecule has 4 aromatic rings. The lowest BCUT2D eigenvalue weighted by Crippen LogP contribution is -2.12. The molecule has 0 aliphatic heterocycles. The first kappa shape index (κ1) is 17.8. The molecule has 0 fully saturated rings. The molecular weight excluding hydrogens is 424 g/mol. The zero-order valence-electron chi connectivity index (χ0n) is 14.4. The average molecular weight is 437 g/mol. The molecule has 9 heteroatoms. The van der Waals surface area contributed by atoms with Crippen LogP contribution in [0.1, 0.15) is 10.4 Å². The first-order chi connectivity index (χ1) is 13.7. The third-order valence-corrected chi connectivity index (χ3v) is 4.25. The summed E-state index contributed by atoms with van der Waals surface area (Å²) < 4.78 is 8.11. The van der Waals surface area contributed by atoms with Crippen molar-refractivity contribution in [2.45, 2.75) is 0 Å². The molecule has 2 aromatic carbocycles. The van der Waals surface area contributed by atoms with Crippen LogP contribution < -0.4 is 10.1 Å². The van der Waals surface area contributed by atoms with Gasteiger partial charge in [0.2, 0.25) is 5.88 Å². The summed E-state index contributed by atoms with van der Waals surface area (Å²) in [6.07, 6.45) is 3.03. The number of hydrogen-bond acceptors (Lipinski definition) is 6. The molecule has 2 aromatic heterocycles. The van der Waals surface area contributed by atoms with E-state index in [9.17, 15) is 4.79 Å². The summed E-state index contributed by atoms with van der Waals surface area (Å²) in [5.74, 6) is 0.856. The van der Waals surface area contributed by atoms with Crippen molar-refractivity contribution in [1.82, 2.24) is 25.2 Å². The molecule has 2 heterocycles. The summed E-state index contributed by atoms with van der Waals surface area (Å²) >= 11 is 3.39. The molecular formula is C19H13BrN6O2. The maximum atomic E-state index is 12.4. The van der Waals surface area contributed by atoms with Crippen LogP contribution >= 0.6 is 15.9 Å². The van der Waals surface area contributed by atoms with E-state index in [1.54, 1.807) is 42.6 Å². The number of aromatic nitrogens is 5. The standard InChI is InChI=1S/C19H13BrN6O2/c20-14-2-1-3-17(10-14)28-18-9-6-15(11-21-18)23-19(27)13-4-7-16(8-5-13)26-12-22-24-25-26/h1-12H,(H,23,27). The van der Waals surface area contributed by atoms with Gasteiger partial charge < -0.3 is 10.1 Å². The zero-order chi connectivity index (χ0) is 19.3. The van der Waals surface area contributed by atoms with Gasteiger partial charge in [-0.3, -0.25) is 4.79 Å². The molecule has 0 spiro atoms. The van der Waals surface area contributed by atoms with E-state index in [4.69, 9.17) is 4.74 Å². The molecule has 138 valence electrons. The summed E-state index contributed by atoms with van der Waals surface area (Å²) in [4.78, 5) is 16.6. The van der Waals surface area contributed by atoms with Gasteiger partial charge in [-0.15, -0.1) is 5.10 Å². The van der Waals surface area contributed by atoms with Crippen LogP contribution in [0.3, 0.4) is 0 Å². The third-order valence-electron chi connectivity index (χ3n) is 3.76. The first-order valence-electron chi connectivity index (χ1n) is 8.22. The Kier molecular flexibility index (Phi) is 5.07. The van der Waals surface area contributed by atoms with Crippen LogP contribution in [0.5, 0.6) is 11.6 Å². The Labute approximate surface area is 168 Å². The molecule has 0 unspecified atom stereocenters. The number of anilines is 1. The van der Waals surface area contributed by atoms with Gasteiger partial charge in [-0.05, 0) is 59.0 Å². The zero-order valence-corrected chi connectivity index (χ0v) is 15.9. The molecule has 0 aliphatic rings. The van der Waals surface area contributed by atoms with Gasteiger partial charge in [-0.2, -0.15) is 0 Å². The molecule has 0 saturated heterocycles. The minimum Gasteiger partial charge on any atom is -0.439 e. The second-order valence-corrected chi connectivity index (χ2v) is 6.62. The van der Waals surface area contributed by atoms with Crippen molar-refractivity contribution in [3.8, 4) is 17.3 Å². The number of tetrazole rings is 1. The van der Waals surface area contributed by atoms with Crippen LogP contribution in [0.4, 0.5) is 5.69 Å². The van der Waals surface area contributed by atoms with Crippen molar-refractivity contribution in [3.63, 3.8) is 0 Å². The number of hydrogen-bond donors (Lipinski definition) is 1. The lowest BCUT2D eigenvalue weighted by molar-refractivity contribution is 0.102. The van der Waals surface area contributed by atoms with Gasteiger partial charge in [0.15, 0.2) is 0 Å². The van der Waals surface area contributed by atoms with Crippen molar-refractivity contribution in [3.05, 3.63) is 83.2 Å². The molecule has 0 aliphatic carbocycles. The number of nitrogens with one attached hydrogen (secondary N) is 1.